The first kappa shape index (κ1) is 87.8. The summed E-state index contributed by atoms with van der Waals surface area (Å²) in [5.74, 6) is -1.91. The van der Waals surface area contributed by atoms with E-state index in [4.69, 9.17) is 47.4 Å². The lowest BCUT2D eigenvalue weighted by Crippen LogP contribution is -2.68. The van der Waals surface area contributed by atoms with Gasteiger partial charge in [-0.25, -0.2) is 0 Å². The highest BCUT2D eigenvalue weighted by molar-refractivity contribution is 8.00. The normalized spacial score (nSPS) is 30.8. The summed E-state index contributed by atoms with van der Waals surface area (Å²) >= 11 is 1.16. The highest BCUT2D eigenvalue weighted by Gasteiger charge is 2.54. The molecule has 4 aliphatic rings. The second-order valence-corrected chi connectivity index (χ2v) is 27.9. The standard InChI is InChI=1S/C69H126N2O26S/c1-4-6-8-10-12-14-16-18-20-22-24-26-28-30-32-34-52(77)89-41-46(91-53(78)35-33-31-29-27-25-23-21-19-17-15-13-11-9-7-5-2)43-98-44-51(76)70-36-37-88-66-54(71-45(3)75)57(81)65(97-69-62(86)59(83)56(80)48(39-73)93-69)50(95-66)42-90-67-63(87)60(84)64(49(40-74)94-67)96-68-61(85)58(82)55(79)47(38-72)92-68/h46-50,54-69,72-74,79-87H,4-44H2,1-3H3,(H,70,76)(H,71,75)/t46?,47-,48-,49-,50-,54-,55-,56-,57-,58+,59+,60-,61-,62-,63-,64-,65-,66-,67-,68+,69+/m1/s1. The Hall–Kier alpha value is -2.57. The van der Waals surface area contributed by atoms with Gasteiger partial charge in [0.2, 0.25) is 11.8 Å². The second kappa shape index (κ2) is 51.6. The smallest absolute Gasteiger partial charge is 0.306 e. The van der Waals surface area contributed by atoms with Gasteiger partial charge in [0.1, 0.15) is 110 Å². The van der Waals surface area contributed by atoms with E-state index in [0.29, 0.717) is 12.8 Å². The summed E-state index contributed by atoms with van der Waals surface area (Å²) in [5, 5.41) is 133. The van der Waals surface area contributed by atoms with Crippen LogP contribution in [-0.2, 0) is 66.5 Å². The molecule has 2 amide bonds. The molecule has 0 aromatic carbocycles. The first-order valence-electron chi connectivity index (χ1n) is 36.9. The van der Waals surface area contributed by atoms with Crippen molar-refractivity contribution in [3.05, 3.63) is 0 Å². The quantitative estimate of drug-likeness (QED) is 0.0307. The fourth-order valence-electron chi connectivity index (χ4n) is 12.6. The Kier molecular flexibility index (Phi) is 46.2. The Morgan fingerprint density at radius 2 is 0.837 bits per heavy atom. The van der Waals surface area contributed by atoms with Gasteiger partial charge in [0.05, 0.1) is 38.8 Å². The van der Waals surface area contributed by atoms with Crippen molar-refractivity contribution < 1.29 is 128 Å². The highest BCUT2D eigenvalue weighted by atomic mass is 32.2. The predicted octanol–water partition coefficient (Wildman–Crippen LogP) is 3.25. The number of carbonyl (C=O) groups excluding carboxylic acids is 4. The Morgan fingerprint density at radius 1 is 0.439 bits per heavy atom. The number of nitrogens with one attached hydrogen (secondary N) is 2. The van der Waals surface area contributed by atoms with Crippen molar-refractivity contribution in [2.45, 2.75) is 355 Å². The molecule has 28 nitrogen and oxygen atoms in total. The molecule has 0 bridgehead atoms. The second-order valence-electron chi connectivity index (χ2n) is 26.8. The maximum absolute atomic E-state index is 13.3. The number of carbonyl (C=O) groups is 4. The van der Waals surface area contributed by atoms with Crippen LogP contribution in [0.3, 0.4) is 0 Å². The lowest BCUT2D eigenvalue weighted by atomic mass is 9.95. The molecule has 0 aromatic rings. The van der Waals surface area contributed by atoms with Crippen LogP contribution in [0.25, 0.3) is 0 Å². The minimum absolute atomic E-state index is 0.106. The van der Waals surface area contributed by atoms with Crippen LogP contribution in [0.1, 0.15) is 226 Å². The summed E-state index contributed by atoms with van der Waals surface area (Å²) in [6.45, 7) is 1.63. The third-order valence-corrected chi connectivity index (χ3v) is 19.6. The molecule has 4 heterocycles. The average Bonchev–Trinajstić information content (AvgIpc) is 0.789. The predicted molar refractivity (Wildman–Crippen MR) is 359 cm³/mol. The monoisotopic (exact) mass is 1430 g/mol. The molecule has 574 valence electrons. The van der Waals surface area contributed by atoms with Crippen molar-refractivity contribution in [2.24, 2.45) is 0 Å². The summed E-state index contributed by atoms with van der Waals surface area (Å²) < 4.78 is 57.9. The highest BCUT2D eigenvalue weighted by Crippen LogP contribution is 2.34. The van der Waals surface area contributed by atoms with Gasteiger partial charge in [0.15, 0.2) is 25.2 Å². The Labute approximate surface area is 584 Å². The van der Waals surface area contributed by atoms with E-state index in [0.717, 1.165) is 57.2 Å². The van der Waals surface area contributed by atoms with Crippen LogP contribution >= 0.6 is 11.8 Å². The molecular weight excluding hydrogens is 1300 g/mol. The number of amides is 2. The molecule has 0 aliphatic carbocycles. The molecule has 4 saturated heterocycles. The van der Waals surface area contributed by atoms with Crippen LogP contribution in [0.4, 0.5) is 0 Å². The van der Waals surface area contributed by atoms with Crippen molar-refractivity contribution in [3.8, 4) is 0 Å². The number of aliphatic hydroxyl groups is 12. The van der Waals surface area contributed by atoms with Crippen molar-refractivity contribution >= 4 is 35.5 Å². The molecule has 4 fully saturated rings. The van der Waals surface area contributed by atoms with Crippen molar-refractivity contribution in [3.63, 3.8) is 0 Å². The van der Waals surface area contributed by atoms with Crippen molar-refractivity contribution in [1.29, 1.82) is 0 Å². The first-order chi connectivity index (χ1) is 47.3. The van der Waals surface area contributed by atoms with Gasteiger partial charge < -0.3 is 119 Å². The largest absolute Gasteiger partial charge is 0.462 e. The molecule has 14 N–H and O–H groups in total. The van der Waals surface area contributed by atoms with E-state index in [2.05, 4.69) is 24.5 Å². The SMILES string of the molecule is CCCCCCCCCCCCCCCCCC(=O)OCC(CSCC(=O)NCCO[C@@H]1O[C@H](CO[C@@H]2O[C@H](CO)[C@@H](O[C@@H]3O[C@H](CO)[C@@H](O)[C@H](O)[C@H]3O)[C@H](O)[C@H]2O)[C@@H](O[C@@H]2O[C@H](CO)[C@@H](O)[C@H](O)[C@H]2O)[C@H](O)[C@H]1NC(C)=O)OC(=O)CCCCCCCCCCCCCCCCC. The lowest BCUT2D eigenvalue weighted by Gasteiger charge is -2.48. The number of esters is 2. The van der Waals surface area contributed by atoms with E-state index >= 15 is 0 Å². The lowest BCUT2D eigenvalue weighted by molar-refractivity contribution is -0.369. The van der Waals surface area contributed by atoms with E-state index in [1.807, 2.05) is 0 Å². The van der Waals surface area contributed by atoms with Gasteiger partial charge in [0, 0.05) is 32.1 Å². The van der Waals surface area contributed by atoms with Crippen LogP contribution < -0.4 is 10.6 Å². The molecule has 4 aliphatic heterocycles. The van der Waals surface area contributed by atoms with Gasteiger partial charge in [-0.05, 0) is 12.8 Å². The number of aliphatic hydroxyl groups excluding tert-OH is 12. The summed E-state index contributed by atoms with van der Waals surface area (Å²) in [6.07, 6.45) is 1.71. The van der Waals surface area contributed by atoms with Crippen LogP contribution in [0.2, 0.25) is 0 Å². The molecule has 4 rings (SSSR count). The van der Waals surface area contributed by atoms with Gasteiger partial charge >= 0.3 is 11.9 Å². The van der Waals surface area contributed by atoms with E-state index in [1.165, 1.54) is 141 Å². The Morgan fingerprint density at radius 3 is 1.28 bits per heavy atom. The van der Waals surface area contributed by atoms with E-state index in [1.54, 1.807) is 0 Å². The molecular formula is C69H126N2O26S. The van der Waals surface area contributed by atoms with Gasteiger partial charge in [-0.2, -0.15) is 0 Å². The number of thioether (sulfide) groups is 1. The van der Waals surface area contributed by atoms with Gasteiger partial charge in [-0.3, -0.25) is 19.2 Å². The molecule has 0 aromatic heterocycles. The number of hydrogen-bond acceptors (Lipinski definition) is 27. The summed E-state index contributed by atoms with van der Waals surface area (Å²) in [7, 11) is 0. The van der Waals surface area contributed by atoms with Crippen LogP contribution in [0, 0.1) is 0 Å². The fourth-order valence-corrected chi connectivity index (χ4v) is 13.4. The summed E-state index contributed by atoms with van der Waals surface area (Å²) in [4.78, 5) is 52.1. The Bertz CT molecular complexity index is 2090. The zero-order chi connectivity index (χ0) is 71.6. The van der Waals surface area contributed by atoms with Crippen molar-refractivity contribution in [1.82, 2.24) is 10.6 Å². The molecule has 0 spiro atoms. The van der Waals surface area contributed by atoms with Gasteiger partial charge in [-0.1, -0.05) is 194 Å². The average molecular weight is 1430 g/mol. The first-order valence-corrected chi connectivity index (χ1v) is 38.0. The zero-order valence-corrected chi connectivity index (χ0v) is 59.4. The maximum Gasteiger partial charge on any atom is 0.306 e. The van der Waals surface area contributed by atoms with E-state index in [9.17, 15) is 80.5 Å². The summed E-state index contributed by atoms with van der Waals surface area (Å²) in [6, 6.07) is -1.49. The van der Waals surface area contributed by atoms with Gasteiger partial charge in [-0.15, -0.1) is 11.8 Å². The topological polar surface area (TPSA) is 427 Å². The number of rotatable bonds is 54. The number of unbranched alkanes of at least 4 members (excludes halogenated alkanes) is 28. The molecule has 21 atom stereocenters. The molecule has 98 heavy (non-hydrogen) atoms. The van der Waals surface area contributed by atoms with Crippen LogP contribution in [0.5, 0.6) is 0 Å². The number of hydrogen-bond donors (Lipinski definition) is 14. The number of ether oxygens (including phenoxy) is 10. The van der Waals surface area contributed by atoms with Crippen LogP contribution in [0.15, 0.2) is 0 Å². The van der Waals surface area contributed by atoms with Gasteiger partial charge in [0.25, 0.3) is 0 Å². The third-order valence-electron chi connectivity index (χ3n) is 18.5. The van der Waals surface area contributed by atoms with E-state index < -0.39 is 173 Å². The molecule has 29 heteroatoms. The molecule has 1 unspecified atom stereocenters. The minimum atomic E-state index is -2.03. The van der Waals surface area contributed by atoms with Crippen LogP contribution in [-0.4, -0.2) is 272 Å². The van der Waals surface area contributed by atoms with E-state index in [-0.39, 0.29) is 50.1 Å². The third kappa shape index (κ3) is 32.6. The Balaban J connectivity index is 1.32. The zero-order valence-electron chi connectivity index (χ0n) is 58.6. The molecule has 0 saturated carbocycles. The minimum Gasteiger partial charge on any atom is -0.462 e. The summed E-state index contributed by atoms with van der Waals surface area (Å²) in [5.41, 5.74) is 0. The fraction of sp³-hybridized carbons (Fsp3) is 0.942. The molecule has 0 radical (unpaired) electrons. The van der Waals surface area contributed by atoms with Crippen molar-refractivity contribution in [2.75, 3.05) is 57.7 Å². The maximum atomic E-state index is 13.3.